The molecule has 1 aliphatic heterocycles. The Labute approximate surface area is 89.2 Å². The van der Waals surface area contributed by atoms with Gasteiger partial charge < -0.3 is 15.2 Å². The summed E-state index contributed by atoms with van der Waals surface area (Å²) in [7, 11) is 0. The van der Waals surface area contributed by atoms with Gasteiger partial charge >= 0.3 is 0 Å². The molecule has 0 aromatic heterocycles. The molecule has 0 radical (unpaired) electrons. The third-order valence-electron chi connectivity index (χ3n) is 3.16. The molecule has 15 heavy (non-hydrogen) atoms. The maximum absolute atomic E-state index is 6.12. The summed E-state index contributed by atoms with van der Waals surface area (Å²) in [6.07, 6.45) is 3.19. The first-order chi connectivity index (χ1) is 7.27. The highest BCUT2D eigenvalue weighted by molar-refractivity contribution is 5.43. The molecular weight excluding hydrogens is 190 g/mol. The molecule has 1 aliphatic carbocycles. The van der Waals surface area contributed by atoms with Gasteiger partial charge in [-0.2, -0.15) is 0 Å². The van der Waals surface area contributed by atoms with E-state index in [1.807, 2.05) is 6.07 Å². The number of fused-ring (bicyclic) bond motifs is 1. The maximum Gasteiger partial charge on any atom is 0.189 e. The number of rotatable bonds is 2. The van der Waals surface area contributed by atoms with Gasteiger partial charge in [0, 0.05) is 11.1 Å². The van der Waals surface area contributed by atoms with E-state index < -0.39 is 0 Å². The van der Waals surface area contributed by atoms with Crippen LogP contribution in [0.5, 0.6) is 5.75 Å². The highest BCUT2D eigenvalue weighted by Gasteiger charge is 2.39. The first-order valence-electron chi connectivity index (χ1n) is 5.37. The Morgan fingerprint density at radius 3 is 3.00 bits per heavy atom. The van der Waals surface area contributed by atoms with Crippen LogP contribution in [0.1, 0.15) is 24.0 Å². The average Bonchev–Trinajstić information content (AvgIpc) is 2.97. The van der Waals surface area contributed by atoms with E-state index >= 15 is 0 Å². The van der Waals surface area contributed by atoms with Crippen LogP contribution in [0.3, 0.4) is 0 Å². The van der Waals surface area contributed by atoms with Gasteiger partial charge in [-0.15, -0.1) is 0 Å². The zero-order valence-electron chi connectivity index (χ0n) is 8.66. The molecule has 1 aromatic carbocycles. The third-order valence-corrected chi connectivity index (χ3v) is 3.16. The van der Waals surface area contributed by atoms with Gasteiger partial charge in [-0.3, -0.25) is 0 Å². The van der Waals surface area contributed by atoms with E-state index in [1.54, 1.807) is 0 Å². The van der Waals surface area contributed by atoms with Crippen LogP contribution < -0.4 is 10.5 Å². The third kappa shape index (κ3) is 1.73. The molecule has 1 heterocycles. The van der Waals surface area contributed by atoms with Gasteiger partial charge in [-0.25, -0.2) is 0 Å². The molecule has 3 nitrogen and oxygen atoms in total. The lowest BCUT2D eigenvalue weighted by atomic mass is 10.0. The van der Waals surface area contributed by atoms with Gasteiger partial charge in [0.05, 0.1) is 6.61 Å². The summed E-state index contributed by atoms with van der Waals surface area (Å²) in [4.78, 5) is 0. The van der Waals surface area contributed by atoms with Gasteiger partial charge in [0.1, 0.15) is 5.75 Å². The minimum atomic E-state index is 0.0385. The summed E-state index contributed by atoms with van der Waals surface area (Å²) in [5.74, 6) is 1.00. The molecule has 0 spiro atoms. The van der Waals surface area contributed by atoms with E-state index in [2.05, 4.69) is 12.1 Å². The number of nitrogens with two attached hydrogens (primary N) is 1. The second kappa shape index (κ2) is 3.22. The van der Waals surface area contributed by atoms with Crippen molar-refractivity contribution in [3.63, 3.8) is 0 Å². The van der Waals surface area contributed by atoms with Crippen molar-refractivity contribution in [2.24, 2.45) is 5.73 Å². The van der Waals surface area contributed by atoms with Gasteiger partial charge in [0.2, 0.25) is 0 Å². The topological polar surface area (TPSA) is 44.5 Å². The molecule has 0 atom stereocenters. The Morgan fingerprint density at radius 1 is 1.33 bits per heavy atom. The predicted molar refractivity (Wildman–Crippen MR) is 56.6 cm³/mol. The van der Waals surface area contributed by atoms with Gasteiger partial charge in [-0.05, 0) is 24.8 Å². The Morgan fingerprint density at radius 2 is 2.20 bits per heavy atom. The number of hydrogen-bond donors (Lipinski definition) is 1. The second-order valence-electron chi connectivity index (χ2n) is 4.56. The fraction of sp³-hybridized carbons (Fsp3) is 0.500. The van der Waals surface area contributed by atoms with Crippen LogP contribution in [0.25, 0.3) is 0 Å². The van der Waals surface area contributed by atoms with Gasteiger partial charge in [0.25, 0.3) is 0 Å². The number of para-hydroxylation sites is 1. The zero-order valence-corrected chi connectivity index (χ0v) is 8.66. The molecule has 0 unspecified atom stereocenters. The molecular formula is C12H15NO2. The predicted octanol–water partition coefficient (Wildman–Crippen LogP) is 1.59. The van der Waals surface area contributed by atoms with E-state index in [0.29, 0.717) is 13.4 Å². The van der Waals surface area contributed by atoms with Crippen LogP contribution in [0.15, 0.2) is 18.2 Å². The molecule has 80 valence electrons. The minimum Gasteiger partial charge on any atom is -0.467 e. The van der Waals surface area contributed by atoms with Crippen molar-refractivity contribution >= 4 is 0 Å². The van der Waals surface area contributed by atoms with Crippen LogP contribution in [0.4, 0.5) is 0 Å². The molecule has 0 saturated heterocycles. The zero-order chi connectivity index (χ0) is 10.3. The van der Waals surface area contributed by atoms with Crippen LogP contribution in [0.2, 0.25) is 0 Å². The van der Waals surface area contributed by atoms with E-state index in [4.69, 9.17) is 15.2 Å². The maximum atomic E-state index is 6.12. The van der Waals surface area contributed by atoms with E-state index in [-0.39, 0.29) is 5.54 Å². The summed E-state index contributed by atoms with van der Waals surface area (Å²) in [5, 5.41) is 0. The minimum absolute atomic E-state index is 0.0385. The molecule has 1 saturated carbocycles. The van der Waals surface area contributed by atoms with Gasteiger partial charge in [0.15, 0.2) is 6.79 Å². The standard InChI is InChI=1S/C12H15NO2/c13-12(4-5-12)6-9-2-1-3-10-7-14-8-15-11(9)10/h1-3H,4-8,13H2. The second-order valence-corrected chi connectivity index (χ2v) is 4.56. The number of ether oxygens (including phenoxy) is 2. The van der Waals surface area contributed by atoms with Gasteiger partial charge in [-0.1, -0.05) is 18.2 Å². The van der Waals surface area contributed by atoms with E-state index in [9.17, 15) is 0 Å². The highest BCUT2D eigenvalue weighted by atomic mass is 16.7. The number of benzene rings is 1. The molecule has 0 amide bonds. The fourth-order valence-electron chi connectivity index (χ4n) is 2.05. The molecule has 1 aromatic rings. The average molecular weight is 205 g/mol. The van der Waals surface area contributed by atoms with E-state index in [1.165, 1.54) is 5.56 Å². The van der Waals surface area contributed by atoms with Crippen molar-refractivity contribution in [1.82, 2.24) is 0 Å². The Hall–Kier alpha value is -1.06. The first kappa shape index (κ1) is 9.19. The van der Waals surface area contributed by atoms with Crippen molar-refractivity contribution in [2.75, 3.05) is 6.79 Å². The smallest absolute Gasteiger partial charge is 0.189 e. The largest absolute Gasteiger partial charge is 0.467 e. The summed E-state index contributed by atoms with van der Waals surface area (Å²) in [6.45, 7) is 1.02. The summed E-state index contributed by atoms with van der Waals surface area (Å²) >= 11 is 0. The Kier molecular flexibility index (Phi) is 1.97. The molecule has 3 rings (SSSR count). The van der Waals surface area contributed by atoms with Crippen molar-refractivity contribution in [2.45, 2.75) is 31.4 Å². The summed E-state index contributed by atoms with van der Waals surface area (Å²) < 4.78 is 10.8. The van der Waals surface area contributed by atoms with Crippen LogP contribution in [-0.4, -0.2) is 12.3 Å². The summed E-state index contributed by atoms with van der Waals surface area (Å²) in [6, 6.07) is 6.21. The Balaban J connectivity index is 1.92. The summed E-state index contributed by atoms with van der Waals surface area (Å²) in [5.41, 5.74) is 8.54. The lowest BCUT2D eigenvalue weighted by Gasteiger charge is -2.21. The molecule has 1 fully saturated rings. The number of hydrogen-bond acceptors (Lipinski definition) is 3. The Bertz CT molecular complexity index is 385. The van der Waals surface area contributed by atoms with Crippen molar-refractivity contribution < 1.29 is 9.47 Å². The highest BCUT2D eigenvalue weighted by Crippen LogP contribution is 2.39. The molecule has 2 aliphatic rings. The molecule has 0 bridgehead atoms. The first-order valence-corrected chi connectivity index (χ1v) is 5.37. The lowest BCUT2D eigenvalue weighted by Crippen LogP contribution is -2.25. The van der Waals surface area contributed by atoms with E-state index in [0.717, 1.165) is 30.6 Å². The molecule has 2 N–H and O–H groups in total. The van der Waals surface area contributed by atoms with Crippen molar-refractivity contribution in [3.05, 3.63) is 29.3 Å². The van der Waals surface area contributed by atoms with Crippen LogP contribution in [-0.2, 0) is 17.8 Å². The van der Waals surface area contributed by atoms with Crippen molar-refractivity contribution in [3.8, 4) is 5.75 Å². The van der Waals surface area contributed by atoms with Crippen LogP contribution >= 0.6 is 0 Å². The quantitative estimate of drug-likeness (QED) is 0.797. The lowest BCUT2D eigenvalue weighted by molar-refractivity contribution is -0.0171. The van der Waals surface area contributed by atoms with Crippen molar-refractivity contribution in [1.29, 1.82) is 0 Å². The van der Waals surface area contributed by atoms with Crippen LogP contribution in [0, 0.1) is 0 Å². The molecule has 3 heteroatoms. The fourth-order valence-corrected chi connectivity index (χ4v) is 2.05. The normalized spacial score (nSPS) is 21.7. The monoisotopic (exact) mass is 205 g/mol. The SMILES string of the molecule is NC1(Cc2cccc3c2OCOC3)CC1.